The fourth-order valence-corrected chi connectivity index (χ4v) is 2.86. The number of hydrogen-bond acceptors (Lipinski definition) is 3. The SMILES string of the molecule is CC(=O)NCC1CCN(Cc2cnc(Cl)cc2Cl)CC1. The Labute approximate surface area is 129 Å². The second kappa shape index (κ2) is 7.25. The molecule has 1 aliphatic rings. The lowest BCUT2D eigenvalue weighted by molar-refractivity contribution is -0.119. The molecule has 1 saturated heterocycles. The molecule has 1 aromatic rings. The third-order valence-corrected chi connectivity index (χ3v) is 4.20. The largest absolute Gasteiger partial charge is 0.356 e. The number of carbonyl (C=O) groups excluding carboxylic acids is 1. The lowest BCUT2D eigenvalue weighted by atomic mass is 9.96. The Kier molecular flexibility index (Phi) is 5.64. The Morgan fingerprint density at radius 1 is 1.45 bits per heavy atom. The maximum absolute atomic E-state index is 10.9. The molecule has 1 fully saturated rings. The number of hydrogen-bond donors (Lipinski definition) is 1. The van der Waals surface area contributed by atoms with Gasteiger partial charge in [0.15, 0.2) is 0 Å². The summed E-state index contributed by atoms with van der Waals surface area (Å²) in [6, 6.07) is 1.68. The van der Waals surface area contributed by atoms with Crippen LogP contribution in [0.4, 0.5) is 0 Å². The summed E-state index contributed by atoms with van der Waals surface area (Å²) in [5.41, 5.74) is 1.01. The highest BCUT2D eigenvalue weighted by Gasteiger charge is 2.20. The minimum absolute atomic E-state index is 0.0476. The summed E-state index contributed by atoms with van der Waals surface area (Å²) in [7, 11) is 0. The summed E-state index contributed by atoms with van der Waals surface area (Å²) in [6.45, 7) is 5.18. The lowest BCUT2D eigenvalue weighted by Gasteiger charge is -2.32. The molecule has 2 heterocycles. The van der Waals surface area contributed by atoms with Crippen LogP contribution in [0.15, 0.2) is 12.3 Å². The first-order chi connectivity index (χ1) is 9.54. The Balaban J connectivity index is 1.80. The average Bonchev–Trinajstić information content (AvgIpc) is 2.41. The van der Waals surface area contributed by atoms with Gasteiger partial charge in [-0.05, 0) is 37.9 Å². The van der Waals surface area contributed by atoms with Crippen molar-refractivity contribution in [2.45, 2.75) is 26.3 Å². The molecule has 20 heavy (non-hydrogen) atoms. The second-order valence-electron chi connectivity index (χ2n) is 5.26. The Hall–Kier alpha value is -0.840. The molecule has 0 unspecified atom stereocenters. The van der Waals surface area contributed by atoms with Crippen LogP contribution < -0.4 is 5.32 Å². The Morgan fingerprint density at radius 3 is 2.75 bits per heavy atom. The molecule has 1 aliphatic heterocycles. The fraction of sp³-hybridized carbons (Fsp3) is 0.571. The first kappa shape index (κ1) is 15.5. The molecule has 0 aromatic carbocycles. The Morgan fingerprint density at radius 2 is 2.15 bits per heavy atom. The molecule has 2 rings (SSSR count). The number of halogens is 2. The summed E-state index contributed by atoms with van der Waals surface area (Å²) >= 11 is 12.0. The van der Waals surface area contributed by atoms with Crippen LogP contribution in [0.1, 0.15) is 25.3 Å². The maximum atomic E-state index is 10.9. The van der Waals surface area contributed by atoms with Crippen LogP contribution in [-0.2, 0) is 11.3 Å². The normalized spacial score (nSPS) is 17.1. The zero-order chi connectivity index (χ0) is 14.5. The van der Waals surface area contributed by atoms with Crippen molar-refractivity contribution in [2.24, 2.45) is 5.92 Å². The third-order valence-electron chi connectivity index (χ3n) is 3.64. The monoisotopic (exact) mass is 315 g/mol. The van der Waals surface area contributed by atoms with Gasteiger partial charge in [0.1, 0.15) is 5.15 Å². The maximum Gasteiger partial charge on any atom is 0.216 e. The minimum Gasteiger partial charge on any atom is -0.356 e. The highest BCUT2D eigenvalue weighted by Crippen LogP contribution is 2.23. The fourth-order valence-electron chi connectivity index (χ4n) is 2.43. The summed E-state index contributed by atoms with van der Waals surface area (Å²) in [5, 5.41) is 3.99. The summed E-state index contributed by atoms with van der Waals surface area (Å²) in [5.74, 6) is 0.625. The lowest BCUT2D eigenvalue weighted by Crippen LogP contribution is -2.37. The van der Waals surface area contributed by atoms with Crippen molar-refractivity contribution in [3.63, 3.8) is 0 Å². The van der Waals surface area contributed by atoms with Crippen molar-refractivity contribution in [1.82, 2.24) is 15.2 Å². The summed E-state index contributed by atoms with van der Waals surface area (Å²) < 4.78 is 0. The van der Waals surface area contributed by atoms with Crippen molar-refractivity contribution < 1.29 is 4.79 Å². The summed E-state index contributed by atoms with van der Waals surface area (Å²) in [6.07, 6.45) is 3.94. The van der Waals surface area contributed by atoms with E-state index in [0.717, 1.165) is 44.6 Å². The molecule has 1 aromatic heterocycles. The van der Waals surface area contributed by atoms with E-state index in [-0.39, 0.29) is 5.91 Å². The topological polar surface area (TPSA) is 45.2 Å². The van der Waals surface area contributed by atoms with Crippen molar-refractivity contribution in [3.05, 3.63) is 28.0 Å². The first-order valence-corrected chi connectivity index (χ1v) is 7.57. The van der Waals surface area contributed by atoms with Gasteiger partial charge in [-0.25, -0.2) is 4.98 Å². The van der Waals surface area contributed by atoms with Gasteiger partial charge in [-0.2, -0.15) is 0 Å². The van der Waals surface area contributed by atoms with Crippen LogP contribution in [0, 0.1) is 5.92 Å². The first-order valence-electron chi connectivity index (χ1n) is 6.81. The number of amides is 1. The van der Waals surface area contributed by atoms with Crippen LogP contribution in [-0.4, -0.2) is 35.4 Å². The van der Waals surface area contributed by atoms with E-state index in [2.05, 4.69) is 15.2 Å². The molecule has 0 aliphatic carbocycles. The number of piperidine rings is 1. The van der Waals surface area contributed by atoms with Gasteiger partial charge in [-0.15, -0.1) is 0 Å². The highest BCUT2D eigenvalue weighted by molar-refractivity contribution is 6.34. The predicted molar refractivity (Wildman–Crippen MR) is 80.9 cm³/mol. The van der Waals surface area contributed by atoms with Gasteiger partial charge in [0.05, 0.1) is 0 Å². The van der Waals surface area contributed by atoms with Crippen molar-refractivity contribution in [2.75, 3.05) is 19.6 Å². The zero-order valence-electron chi connectivity index (χ0n) is 11.5. The molecule has 0 bridgehead atoms. The molecule has 1 N–H and O–H groups in total. The van der Waals surface area contributed by atoms with Crippen molar-refractivity contribution in [3.8, 4) is 0 Å². The van der Waals surface area contributed by atoms with Crippen LogP contribution in [0.3, 0.4) is 0 Å². The number of nitrogens with one attached hydrogen (secondary N) is 1. The molecule has 6 heteroatoms. The average molecular weight is 316 g/mol. The smallest absolute Gasteiger partial charge is 0.216 e. The van der Waals surface area contributed by atoms with Gasteiger partial charge in [-0.3, -0.25) is 9.69 Å². The van der Waals surface area contributed by atoms with E-state index >= 15 is 0 Å². The third kappa shape index (κ3) is 4.62. The van der Waals surface area contributed by atoms with E-state index in [4.69, 9.17) is 23.2 Å². The molecule has 0 saturated carbocycles. The highest BCUT2D eigenvalue weighted by atomic mass is 35.5. The van der Waals surface area contributed by atoms with Gasteiger partial charge >= 0.3 is 0 Å². The molecular formula is C14H19Cl2N3O. The van der Waals surface area contributed by atoms with Gasteiger partial charge < -0.3 is 5.32 Å². The van der Waals surface area contributed by atoms with E-state index in [1.807, 2.05) is 0 Å². The van der Waals surface area contributed by atoms with E-state index in [9.17, 15) is 4.79 Å². The van der Waals surface area contributed by atoms with Crippen LogP contribution in [0.2, 0.25) is 10.2 Å². The van der Waals surface area contributed by atoms with Crippen LogP contribution in [0.25, 0.3) is 0 Å². The van der Waals surface area contributed by atoms with Crippen molar-refractivity contribution >= 4 is 29.1 Å². The number of aromatic nitrogens is 1. The number of pyridine rings is 1. The number of carbonyl (C=O) groups is 1. The van der Waals surface area contributed by atoms with Crippen LogP contribution in [0.5, 0.6) is 0 Å². The van der Waals surface area contributed by atoms with Gasteiger partial charge in [0.25, 0.3) is 0 Å². The van der Waals surface area contributed by atoms with Crippen molar-refractivity contribution in [1.29, 1.82) is 0 Å². The zero-order valence-corrected chi connectivity index (χ0v) is 13.0. The second-order valence-corrected chi connectivity index (χ2v) is 6.05. The van der Waals surface area contributed by atoms with Gasteiger partial charge in [0, 0.05) is 36.8 Å². The minimum atomic E-state index is 0.0476. The van der Waals surface area contributed by atoms with E-state index in [1.165, 1.54) is 0 Å². The number of likely N-dealkylation sites (tertiary alicyclic amines) is 1. The van der Waals surface area contributed by atoms with Gasteiger partial charge in [0.2, 0.25) is 5.91 Å². The molecule has 0 atom stereocenters. The van der Waals surface area contributed by atoms with E-state index in [1.54, 1.807) is 19.2 Å². The van der Waals surface area contributed by atoms with Crippen LogP contribution >= 0.6 is 23.2 Å². The molecular weight excluding hydrogens is 297 g/mol. The van der Waals surface area contributed by atoms with Gasteiger partial charge in [-0.1, -0.05) is 23.2 Å². The summed E-state index contributed by atoms with van der Waals surface area (Å²) in [4.78, 5) is 17.3. The van der Waals surface area contributed by atoms with E-state index in [0.29, 0.717) is 16.1 Å². The number of rotatable bonds is 4. The standard InChI is InChI=1S/C14H19Cl2N3O/c1-10(20)17-7-11-2-4-19(5-3-11)9-12-8-18-14(16)6-13(12)15/h6,8,11H,2-5,7,9H2,1H3,(H,17,20). The molecule has 110 valence electrons. The Bertz CT molecular complexity index is 473. The number of nitrogens with zero attached hydrogens (tertiary/aromatic N) is 2. The molecule has 1 amide bonds. The van der Waals surface area contributed by atoms with E-state index < -0.39 is 0 Å². The molecule has 4 nitrogen and oxygen atoms in total. The molecule has 0 radical (unpaired) electrons. The predicted octanol–water partition coefficient (Wildman–Crippen LogP) is 2.74. The molecule has 0 spiro atoms. The quantitative estimate of drug-likeness (QED) is 0.869.